The summed E-state index contributed by atoms with van der Waals surface area (Å²) in [4.78, 5) is 0. The monoisotopic (exact) mass is 319 g/mol. The van der Waals surface area contributed by atoms with E-state index in [4.69, 9.17) is 4.74 Å². The highest BCUT2D eigenvalue weighted by Crippen LogP contribution is 2.34. The summed E-state index contributed by atoms with van der Waals surface area (Å²) >= 11 is 0. The Morgan fingerprint density at radius 2 is 1.67 bits per heavy atom. The van der Waals surface area contributed by atoms with Gasteiger partial charge in [0.05, 0.1) is 0 Å². The number of benzene rings is 3. The van der Waals surface area contributed by atoms with Gasteiger partial charge in [0, 0.05) is 23.7 Å². The van der Waals surface area contributed by atoms with E-state index in [0.717, 1.165) is 36.6 Å². The lowest BCUT2D eigenvalue weighted by molar-refractivity contribution is 0.488. The van der Waals surface area contributed by atoms with Crippen molar-refractivity contribution in [1.82, 2.24) is 0 Å². The lowest BCUT2D eigenvalue weighted by atomic mass is 9.95. The van der Waals surface area contributed by atoms with E-state index in [-0.39, 0.29) is 0 Å². The Bertz CT molecular complexity index is 838. The van der Waals surface area contributed by atoms with Gasteiger partial charge in [0.1, 0.15) is 11.5 Å². The number of hydrogen-bond donors (Lipinski definition) is 1. The molecule has 0 aromatic heterocycles. The molecule has 3 aromatic carbocycles. The minimum absolute atomic E-state index is 0.860. The smallest absolute Gasteiger partial charge is 0.135 e. The SMILES string of the molecule is CCNc1cccc(Oc2cccc3c(CC)c(CC)ccc23)c1. The normalized spacial score (nSPS) is 10.8. The second-order valence-corrected chi connectivity index (χ2v) is 5.92. The summed E-state index contributed by atoms with van der Waals surface area (Å²) in [6.07, 6.45) is 2.11. The molecular weight excluding hydrogens is 294 g/mol. The average molecular weight is 319 g/mol. The van der Waals surface area contributed by atoms with Gasteiger partial charge in [-0.3, -0.25) is 0 Å². The molecule has 0 saturated heterocycles. The number of anilines is 1. The van der Waals surface area contributed by atoms with Gasteiger partial charge in [0.25, 0.3) is 0 Å². The largest absolute Gasteiger partial charge is 0.457 e. The number of ether oxygens (including phenoxy) is 1. The van der Waals surface area contributed by atoms with E-state index < -0.39 is 0 Å². The Morgan fingerprint density at radius 1 is 0.833 bits per heavy atom. The maximum absolute atomic E-state index is 6.21. The molecule has 0 radical (unpaired) electrons. The van der Waals surface area contributed by atoms with Crippen LogP contribution in [0, 0.1) is 0 Å². The third-order valence-corrected chi connectivity index (χ3v) is 4.41. The zero-order chi connectivity index (χ0) is 16.9. The zero-order valence-corrected chi connectivity index (χ0v) is 14.7. The standard InChI is InChI=1S/C22H25NO/c1-4-16-13-14-21-20(19(16)5-2)11-8-12-22(21)24-18-10-7-9-17(15-18)23-6-3/h7-15,23H,4-6H2,1-3H3. The van der Waals surface area contributed by atoms with Crippen LogP contribution < -0.4 is 10.1 Å². The van der Waals surface area contributed by atoms with Crippen LogP contribution >= 0.6 is 0 Å². The van der Waals surface area contributed by atoms with Crippen molar-refractivity contribution in [3.05, 3.63) is 65.7 Å². The van der Waals surface area contributed by atoms with E-state index >= 15 is 0 Å². The van der Waals surface area contributed by atoms with Gasteiger partial charge in [-0.15, -0.1) is 0 Å². The summed E-state index contributed by atoms with van der Waals surface area (Å²) in [5.74, 6) is 1.78. The van der Waals surface area contributed by atoms with Gasteiger partial charge in [0.2, 0.25) is 0 Å². The highest BCUT2D eigenvalue weighted by Gasteiger charge is 2.09. The highest BCUT2D eigenvalue weighted by molar-refractivity contribution is 5.92. The second-order valence-electron chi connectivity index (χ2n) is 5.92. The van der Waals surface area contributed by atoms with Gasteiger partial charge in [-0.25, -0.2) is 0 Å². The molecule has 3 rings (SSSR count). The molecule has 0 atom stereocenters. The first-order valence-corrected chi connectivity index (χ1v) is 8.82. The third-order valence-electron chi connectivity index (χ3n) is 4.41. The Kier molecular flexibility index (Phi) is 5.05. The van der Waals surface area contributed by atoms with Crippen molar-refractivity contribution in [2.75, 3.05) is 11.9 Å². The fourth-order valence-electron chi connectivity index (χ4n) is 3.27. The number of nitrogens with one attached hydrogen (secondary N) is 1. The van der Waals surface area contributed by atoms with Gasteiger partial charge in [0.15, 0.2) is 0 Å². The fraction of sp³-hybridized carbons (Fsp3) is 0.273. The number of rotatable bonds is 6. The summed E-state index contributed by atoms with van der Waals surface area (Å²) in [5.41, 5.74) is 3.94. The van der Waals surface area contributed by atoms with Crippen LogP contribution in [0.25, 0.3) is 10.8 Å². The number of aryl methyl sites for hydroxylation is 2. The van der Waals surface area contributed by atoms with E-state index in [0.29, 0.717) is 0 Å². The lowest BCUT2D eigenvalue weighted by Crippen LogP contribution is -1.97. The molecule has 2 nitrogen and oxygen atoms in total. The van der Waals surface area contributed by atoms with Gasteiger partial charge in [-0.05, 0) is 54.5 Å². The van der Waals surface area contributed by atoms with Crippen molar-refractivity contribution in [2.24, 2.45) is 0 Å². The Morgan fingerprint density at radius 3 is 2.42 bits per heavy atom. The maximum Gasteiger partial charge on any atom is 0.135 e. The van der Waals surface area contributed by atoms with Crippen LogP contribution in [-0.4, -0.2) is 6.54 Å². The molecule has 3 aromatic rings. The average Bonchev–Trinajstić information content (AvgIpc) is 2.61. The van der Waals surface area contributed by atoms with E-state index in [1.807, 2.05) is 24.3 Å². The predicted octanol–water partition coefficient (Wildman–Crippen LogP) is 6.19. The van der Waals surface area contributed by atoms with Crippen molar-refractivity contribution in [3.63, 3.8) is 0 Å². The van der Waals surface area contributed by atoms with Crippen LogP contribution in [0.15, 0.2) is 54.6 Å². The van der Waals surface area contributed by atoms with Crippen molar-refractivity contribution < 1.29 is 4.74 Å². The predicted molar refractivity (Wildman–Crippen MR) is 103 cm³/mol. The molecule has 0 amide bonds. The van der Waals surface area contributed by atoms with Gasteiger partial charge in [-0.1, -0.05) is 44.2 Å². The molecule has 0 spiro atoms. The van der Waals surface area contributed by atoms with Crippen molar-refractivity contribution >= 4 is 16.5 Å². The Labute approximate surface area is 144 Å². The third kappa shape index (κ3) is 3.23. The highest BCUT2D eigenvalue weighted by atomic mass is 16.5. The number of hydrogen-bond acceptors (Lipinski definition) is 2. The van der Waals surface area contributed by atoms with Crippen LogP contribution in [-0.2, 0) is 12.8 Å². The first kappa shape index (κ1) is 16.4. The van der Waals surface area contributed by atoms with Crippen LogP contribution in [0.3, 0.4) is 0 Å². The Hall–Kier alpha value is -2.48. The summed E-state index contributed by atoms with van der Waals surface area (Å²) in [6.45, 7) is 7.43. The van der Waals surface area contributed by atoms with Gasteiger partial charge in [-0.2, -0.15) is 0 Å². The van der Waals surface area contributed by atoms with E-state index in [2.05, 4.69) is 56.4 Å². The summed E-state index contributed by atoms with van der Waals surface area (Å²) in [6, 6.07) is 18.9. The van der Waals surface area contributed by atoms with E-state index in [1.165, 1.54) is 21.9 Å². The summed E-state index contributed by atoms with van der Waals surface area (Å²) in [7, 11) is 0. The molecule has 0 fully saturated rings. The molecule has 0 aliphatic rings. The molecule has 0 aliphatic heterocycles. The molecule has 2 heteroatoms. The molecule has 0 saturated carbocycles. The molecule has 0 unspecified atom stereocenters. The topological polar surface area (TPSA) is 21.3 Å². The quantitative estimate of drug-likeness (QED) is 0.585. The first-order chi connectivity index (χ1) is 11.8. The van der Waals surface area contributed by atoms with Gasteiger partial charge >= 0.3 is 0 Å². The van der Waals surface area contributed by atoms with Crippen LogP contribution in [0.5, 0.6) is 11.5 Å². The Balaban J connectivity index is 2.02. The summed E-state index contributed by atoms with van der Waals surface area (Å²) in [5, 5.41) is 5.81. The fourth-order valence-corrected chi connectivity index (χ4v) is 3.27. The molecule has 0 heterocycles. The molecule has 24 heavy (non-hydrogen) atoms. The minimum Gasteiger partial charge on any atom is -0.457 e. The van der Waals surface area contributed by atoms with Gasteiger partial charge < -0.3 is 10.1 Å². The molecule has 0 aliphatic carbocycles. The second kappa shape index (κ2) is 7.39. The van der Waals surface area contributed by atoms with E-state index in [1.54, 1.807) is 0 Å². The maximum atomic E-state index is 6.21. The lowest BCUT2D eigenvalue weighted by Gasteiger charge is -2.14. The van der Waals surface area contributed by atoms with Crippen molar-refractivity contribution in [1.29, 1.82) is 0 Å². The molecule has 124 valence electrons. The minimum atomic E-state index is 0.860. The molecule has 0 bridgehead atoms. The number of fused-ring (bicyclic) bond motifs is 1. The van der Waals surface area contributed by atoms with Crippen LogP contribution in [0.2, 0.25) is 0 Å². The van der Waals surface area contributed by atoms with Crippen LogP contribution in [0.4, 0.5) is 5.69 Å². The van der Waals surface area contributed by atoms with Crippen molar-refractivity contribution in [3.8, 4) is 11.5 Å². The van der Waals surface area contributed by atoms with Crippen LogP contribution in [0.1, 0.15) is 31.9 Å². The zero-order valence-electron chi connectivity index (χ0n) is 14.7. The molecular formula is C22H25NO. The van der Waals surface area contributed by atoms with Crippen molar-refractivity contribution in [2.45, 2.75) is 33.6 Å². The summed E-state index contributed by atoms with van der Waals surface area (Å²) < 4.78 is 6.21. The van der Waals surface area contributed by atoms with E-state index in [9.17, 15) is 0 Å². The first-order valence-electron chi connectivity index (χ1n) is 8.82. The molecule has 1 N–H and O–H groups in total.